The molecule has 2 aliphatic rings. The topological polar surface area (TPSA) is 70.1 Å². The third-order valence-electron chi connectivity index (χ3n) is 4.87. The van der Waals surface area contributed by atoms with Gasteiger partial charge in [-0.15, -0.1) is 0 Å². The predicted molar refractivity (Wildman–Crippen MR) is 91.6 cm³/mol. The van der Waals surface area contributed by atoms with Crippen LogP contribution >= 0.6 is 0 Å². The average Bonchev–Trinajstić information content (AvgIpc) is 2.82. The Kier molecular flexibility index (Phi) is 5.56. The molecule has 0 bridgehead atoms. The van der Waals surface area contributed by atoms with Gasteiger partial charge in [-0.1, -0.05) is 12.1 Å². The van der Waals surface area contributed by atoms with Crippen molar-refractivity contribution in [2.24, 2.45) is 0 Å². The third-order valence-corrected chi connectivity index (χ3v) is 6.00. The van der Waals surface area contributed by atoms with Crippen LogP contribution in [-0.4, -0.2) is 81.1 Å². The minimum absolute atomic E-state index is 0.124. The molecule has 0 radical (unpaired) electrons. The molecule has 2 saturated heterocycles. The van der Waals surface area contributed by atoms with E-state index in [0.29, 0.717) is 18.1 Å². The highest BCUT2D eigenvalue weighted by molar-refractivity contribution is 7.90. The molecule has 3 rings (SSSR count). The second-order valence-corrected chi connectivity index (χ2v) is 8.77. The van der Waals surface area contributed by atoms with Gasteiger partial charge in [-0.05, 0) is 37.2 Å². The van der Waals surface area contributed by atoms with Gasteiger partial charge in [0.1, 0.15) is 0 Å². The molecule has 0 unspecified atom stereocenters. The Morgan fingerprint density at radius 1 is 1.12 bits per heavy atom. The highest BCUT2D eigenvalue weighted by atomic mass is 32.2. The zero-order chi connectivity index (χ0) is 17.2. The summed E-state index contributed by atoms with van der Waals surface area (Å²) in [5.74, 6) is 0. The highest BCUT2D eigenvalue weighted by Crippen LogP contribution is 2.17. The molecule has 6 nitrogen and oxygen atoms in total. The molecular formula is C17H26N2O4S. The molecule has 0 amide bonds. The predicted octanol–water partition coefficient (Wildman–Crippen LogP) is 0.358. The molecule has 1 aromatic carbocycles. The van der Waals surface area contributed by atoms with Gasteiger partial charge in [0.15, 0.2) is 9.84 Å². The molecule has 7 heteroatoms. The van der Waals surface area contributed by atoms with E-state index in [0.717, 1.165) is 44.7 Å². The summed E-state index contributed by atoms with van der Waals surface area (Å²) in [4.78, 5) is 5.09. The monoisotopic (exact) mass is 354 g/mol. The van der Waals surface area contributed by atoms with Crippen LogP contribution in [0, 0.1) is 0 Å². The van der Waals surface area contributed by atoms with Gasteiger partial charge in [-0.25, -0.2) is 8.42 Å². The van der Waals surface area contributed by atoms with Crippen molar-refractivity contribution in [1.82, 2.24) is 9.80 Å². The lowest BCUT2D eigenvalue weighted by Gasteiger charge is -2.28. The molecule has 0 aromatic heterocycles. The fourth-order valence-corrected chi connectivity index (χ4v) is 4.09. The molecule has 2 heterocycles. The maximum absolute atomic E-state index is 11.5. The van der Waals surface area contributed by atoms with Crippen LogP contribution in [0.2, 0.25) is 0 Å². The van der Waals surface area contributed by atoms with Gasteiger partial charge in [0.05, 0.1) is 30.3 Å². The standard InChI is InChI=1S/C17H26N2O4S/c1-24(21,22)15-5-3-14(4-6-15)11-18-7-2-8-19(10-9-18)16-12-23-13-17(16)20/h3-6,16-17,20H,2,7-13H2,1H3/t16-,17-/m0/s1. The molecule has 2 aliphatic heterocycles. The van der Waals surface area contributed by atoms with Crippen molar-refractivity contribution in [3.05, 3.63) is 29.8 Å². The second kappa shape index (κ2) is 7.49. The van der Waals surface area contributed by atoms with E-state index in [-0.39, 0.29) is 12.1 Å². The van der Waals surface area contributed by atoms with Crippen molar-refractivity contribution in [3.8, 4) is 0 Å². The third kappa shape index (κ3) is 4.34. The maximum atomic E-state index is 11.5. The summed E-state index contributed by atoms with van der Waals surface area (Å²) in [7, 11) is -3.14. The van der Waals surface area contributed by atoms with Gasteiger partial charge in [0, 0.05) is 25.9 Å². The summed E-state index contributed by atoms with van der Waals surface area (Å²) in [6.45, 7) is 5.74. The lowest BCUT2D eigenvalue weighted by atomic mass is 10.2. The van der Waals surface area contributed by atoms with E-state index in [9.17, 15) is 13.5 Å². The van der Waals surface area contributed by atoms with Crippen molar-refractivity contribution in [1.29, 1.82) is 0 Å². The number of benzene rings is 1. The first-order valence-electron chi connectivity index (χ1n) is 8.45. The normalized spacial score (nSPS) is 27.2. The van der Waals surface area contributed by atoms with Crippen molar-refractivity contribution >= 4 is 9.84 Å². The summed E-state index contributed by atoms with van der Waals surface area (Å²) in [6.07, 6.45) is 1.91. The van der Waals surface area contributed by atoms with E-state index >= 15 is 0 Å². The summed E-state index contributed by atoms with van der Waals surface area (Å²) >= 11 is 0. The van der Waals surface area contributed by atoms with Crippen LogP contribution in [0.5, 0.6) is 0 Å². The van der Waals surface area contributed by atoms with Gasteiger partial charge in [0.2, 0.25) is 0 Å². The zero-order valence-corrected chi connectivity index (χ0v) is 14.9. The first-order valence-corrected chi connectivity index (χ1v) is 10.3. The van der Waals surface area contributed by atoms with Crippen molar-refractivity contribution in [2.75, 3.05) is 45.6 Å². The number of sulfone groups is 1. The molecule has 1 aromatic rings. The van der Waals surface area contributed by atoms with Crippen LogP contribution < -0.4 is 0 Å². The molecule has 1 N–H and O–H groups in total. The highest BCUT2D eigenvalue weighted by Gasteiger charge is 2.32. The Labute approximate surface area is 143 Å². The average molecular weight is 354 g/mol. The Morgan fingerprint density at radius 2 is 1.88 bits per heavy atom. The van der Waals surface area contributed by atoms with Crippen LogP contribution in [0.1, 0.15) is 12.0 Å². The number of hydrogen-bond donors (Lipinski definition) is 1. The Balaban J connectivity index is 1.56. The SMILES string of the molecule is CS(=O)(=O)c1ccc(CN2CCCN([C@H]3COC[C@@H]3O)CC2)cc1. The van der Waals surface area contributed by atoms with Crippen molar-refractivity contribution in [3.63, 3.8) is 0 Å². The number of aliphatic hydroxyl groups excluding tert-OH is 1. The fourth-order valence-electron chi connectivity index (χ4n) is 3.46. The van der Waals surface area contributed by atoms with E-state index in [1.54, 1.807) is 12.1 Å². The van der Waals surface area contributed by atoms with E-state index in [2.05, 4.69) is 9.80 Å². The first kappa shape index (κ1) is 17.8. The minimum Gasteiger partial charge on any atom is -0.389 e. The van der Waals surface area contributed by atoms with Crippen molar-refractivity contribution in [2.45, 2.75) is 30.0 Å². The Morgan fingerprint density at radius 3 is 2.50 bits per heavy atom. The minimum atomic E-state index is -3.14. The molecule has 0 saturated carbocycles. The van der Waals surface area contributed by atoms with Crippen LogP contribution in [0.3, 0.4) is 0 Å². The molecule has 134 valence electrons. The summed E-state index contributed by atoms with van der Waals surface area (Å²) < 4.78 is 28.4. The number of hydrogen-bond acceptors (Lipinski definition) is 6. The second-order valence-electron chi connectivity index (χ2n) is 6.75. The van der Waals surface area contributed by atoms with E-state index in [1.165, 1.54) is 6.26 Å². The van der Waals surface area contributed by atoms with Crippen LogP contribution in [0.15, 0.2) is 29.2 Å². The number of ether oxygens (including phenoxy) is 1. The number of aliphatic hydroxyl groups is 1. The summed E-state index contributed by atoms with van der Waals surface area (Å²) in [5.41, 5.74) is 1.13. The van der Waals surface area contributed by atoms with E-state index in [1.807, 2.05) is 12.1 Å². The summed E-state index contributed by atoms with van der Waals surface area (Å²) in [6, 6.07) is 7.28. The van der Waals surface area contributed by atoms with Crippen LogP contribution in [0.25, 0.3) is 0 Å². The van der Waals surface area contributed by atoms with Crippen LogP contribution in [-0.2, 0) is 21.1 Å². The molecule has 0 aliphatic carbocycles. The molecule has 2 fully saturated rings. The smallest absolute Gasteiger partial charge is 0.175 e. The first-order chi connectivity index (χ1) is 11.4. The number of nitrogens with zero attached hydrogens (tertiary/aromatic N) is 2. The van der Waals surface area contributed by atoms with Gasteiger partial charge in [0.25, 0.3) is 0 Å². The molecule has 24 heavy (non-hydrogen) atoms. The summed E-state index contributed by atoms with van der Waals surface area (Å²) in [5, 5.41) is 10.00. The Hall–Kier alpha value is -0.990. The van der Waals surface area contributed by atoms with Crippen LogP contribution in [0.4, 0.5) is 0 Å². The molecule has 2 atom stereocenters. The Bertz CT molecular complexity index is 647. The fraction of sp³-hybridized carbons (Fsp3) is 0.647. The lowest BCUT2D eigenvalue weighted by molar-refractivity contribution is 0.0837. The van der Waals surface area contributed by atoms with Gasteiger partial charge in [-0.3, -0.25) is 9.80 Å². The maximum Gasteiger partial charge on any atom is 0.175 e. The van der Waals surface area contributed by atoms with Gasteiger partial charge in [-0.2, -0.15) is 0 Å². The molecular weight excluding hydrogens is 328 g/mol. The largest absolute Gasteiger partial charge is 0.389 e. The zero-order valence-electron chi connectivity index (χ0n) is 14.1. The van der Waals surface area contributed by atoms with E-state index in [4.69, 9.17) is 4.74 Å². The van der Waals surface area contributed by atoms with Gasteiger partial charge < -0.3 is 9.84 Å². The lowest BCUT2D eigenvalue weighted by Crippen LogP contribution is -2.44. The van der Waals surface area contributed by atoms with Crippen molar-refractivity contribution < 1.29 is 18.3 Å². The molecule has 0 spiro atoms. The number of rotatable bonds is 4. The van der Waals surface area contributed by atoms with E-state index < -0.39 is 9.84 Å². The van der Waals surface area contributed by atoms with Gasteiger partial charge >= 0.3 is 0 Å². The quantitative estimate of drug-likeness (QED) is 0.842.